The van der Waals surface area contributed by atoms with Crippen LogP contribution in [0.4, 0.5) is 0 Å². The molecule has 0 spiro atoms. The lowest BCUT2D eigenvalue weighted by Gasteiger charge is -2.32. The van der Waals surface area contributed by atoms with Crippen molar-refractivity contribution in [3.8, 4) is 61.8 Å². The maximum Gasteiger partial charge on any atom is 0.134 e. The zero-order valence-electron chi connectivity index (χ0n) is 41.0. The highest BCUT2D eigenvalue weighted by atomic mass is 16.5. The molecule has 2 atom stereocenters. The van der Waals surface area contributed by atoms with Crippen molar-refractivity contribution in [2.24, 2.45) is 11.8 Å². The van der Waals surface area contributed by atoms with E-state index in [9.17, 15) is 0 Å². The van der Waals surface area contributed by atoms with Gasteiger partial charge < -0.3 is 14.2 Å². The number of hydrogen-bond acceptors (Lipinski definition) is 3. The van der Waals surface area contributed by atoms with E-state index in [-0.39, 0.29) is 0 Å². The zero-order valence-corrected chi connectivity index (χ0v) is 41.0. The summed E-state index contributed by atoms with van der Waals surface area (Å²) in [6.45, 7) is 8.30. The first kappa shape index (κ1) is 44.2. The summed E-state index contributed by atoms with van der Waals surface area (Å²) >= 11 is 0. The number of rotatable bonds is 11. The third-order valence-electron chi connectivity index (χ3n) is 16.8. The Morgan fingerprint density at radius 3 is 1.27 bits per heavy atom. The van der Waals surface area contributed by atoms with Crippen LogP contribution in [0.15, 0.2) is 84.9 Å². The van der Waals surface area contributed by atoms with Crippen LogP contribution in [-0.4, -0.2) is 20.3 Å². The van der Waals surface area contributed by atoms with E-state index >= 15 is 0 Å². The molecule has 0 amide bonds. The molecular weight excluding hydrogens is 817 g/mol. The van der Waals surface area contributed by atoms with Gasteiger partial charge in [0.25, 0.3) is 0 Å². The lowest BCUT2D eigenvalue weighted by atomic mass is 9.76. The van der Waals surface area contributed by atoms with E-state index in [0.717, 1.165) is 54.1 Å². The number of fused-ring (bicyclic) bond motifs is 4. The van der Waals surface area contributed by atoms with Gasteiger partial charge in [0.1, 0.15) is 17.2 Å². The highest BCUT2D eigenvalue weighted by Gasteiger charge is 2.30. The van der Waals surface area contributed by atoms with E-state index in [1.807, 2.05) is 7.11 Å². The van der Waals surface area contributed by atoms with Crippen LogP contribution in [0.1, 0.15) is 138 Å². The van der Waals surface area contributed by atoms with E-state index in [2.05, 4.69) is 106 Å². The fourth-order valence-electron chi connectivity index (χ4n) is 13.5. The van der Waals surface area contributed by atoms with Gasteiger partial charge in [-0.1, -0.05) is 73.5 Å². The summed E-state index contributed by atoms with van der Waals surface area (Å²) in [6, 6.07) is 32.3. The predicted octanol–water partition coefficient (Wildman–Crippen LogP) is 16.1. The third-order valence-corrected chi connectivity index (χ3v) is 16.8. The number of hydrogen-bond donors (Lipinski definition) is 0. The molecule has 11 rings (SSSR count). The van der Waals surface area contributed by atoms with Crippen molar-refractivity contribution in [1.82, 2.24) is 0 Å². The average molecular weight is 889 g/mol. The summed E-state index contributed by atoms with van der Waals surface area (Å²) < 4.78 is 20.6. The first-order valence-corrected chi connectivity index (χ1v) is 26.5. The van der Waals surface area contributed by atoms with Crippen molar-refractivity contribution >= 4 is 0 Å². The summed E-state index contributed by atoms with van der Waals surface area (Å²) in [5.41, 5.74) is 27.3. The van der Waals surface area contributed by atoms with Gasteiger partial charge in [-0.15, -0.1) is 0 Å². The maximum atomic E-state index is 7.03. The minimum Gasteiger partial charge on any atom is -0.495 e. The van der Waals surface area contributed by atoms with E-state index < -0.39 is 0 Å². The molecule has 5 aliphatic rings. The summed E-state index contributed by atoms with van der Waals surface area (Å²) in [5, 5.41) is 0. The topological polar surface area (TPSA) is 27.7 Å². The molecule has 3 nitrogen and oxygen atoms in total. The van der Waals surface area contributed by atoms with Gasteiger partial charge in [0.05, 0.1) is 20.3 Å². The fourth-order valence-corrected chi connectivity index (χ4v) is 13.5. The molecule has 67 heavy (non-hydrogen) atoms. The Hall–Kier alpha value is -5.28. The van der Waals surface area contributed by atoms with Crippen molar-refractivity contribution < 1.29 is 14.2 Å². The number of benzene rings is 6. The SMILES string of the molecule is COc1c(-c2ccccc2OCC2CCCCC2COc2ccccc2-c2cc(C)cc(-c3c4c(cc5c3CCCC5)CCCC4)c2C)cc(C)cc1-c1c2c(cc3c1CCCC3)CCCC2. The molecule has 6 aromatic rings. The average Bonchev–Trinajstić information content (AvgIpc) is 3.36. The van der Waals surface area contributed by atoms with E-state index in [4.69, 9.17) is 14.2 Å². The highest BCUT2D eigenvalue weighted by molar-refractivity contribution is 5.89. The molecule has 0 radical (unpaired) electrons. The van der Waals surface area contributed by atoms with Crippen LogP contribution < -0.4 is 14.2 Å². The minimum absolute atomic E-state index is 0.411. The third kappa shape index (κ3) is 8.63. The van der Waals surface area contributed by atoms with E-state index in [1.165, 1.54) is 147 Å². The molecule has 0 N–H and O–H groups in total. The van der Waals surface area contributed by atoms with Crippen LogP contribution in [0, 0.1) is 32.6 Å². The Balaban J connectivity index is 0.864. The smallest absolute Gasteiger partial charge is 0.134 e. The molecule has 0 saturated heterocycles. The van der Waals surface area contributed by atoms with Gasteiger partial charge in [-0.05, 0) is 256 Å². The molecule has 0 heterocycles. The first-order valence-electron chi connectivity index (χ1n) is 26.5. The van der Waals surface area contributed by atoms with Crippen molar-refractivity contribution in [2.75, 3.05) is 20.3 Å². The lowest BCUT2D eigenvalue weighted by molar-refractivity contribution is 0.105. The molecule has 5 aliphatic carbocycles. The highest BCUT2D eigenvalue weighted by Crippen LogP contribution is 2.49. The first-order chi connectivity index (χ1) is 32.9. The zero-order chi connectivity index (χ0) is 45.4. The molecule has 1 saturated carbocycles. The van der Waals surface area contributed by atoms with E-state index in [0.29, 0.717) is 25.0 Å². The number of aryl methyl sites for hydroxylation is 6. The summed E-state index contributed by atoms with van der Waals surface area (Å²) in [5.74, 6) is 3.75. The molecule has 3 heteroatoms. The van der Waals surface area contributed by atoms with Gasteiger partial charge in [-0.3, -0.25) is 0 Å². The Labute approximate surface area is 401 Å². The molecule has 0 aliphatic heterocycles. The second-order valence-electron chi connectivity index (χ2n) is 21.2. The fraction of sp³-hybridized carbons (Fsp3) is 0.438. The molecule has 0 aromatic heterocycles. The van der Waals surface area contributed by atoms with Gasteiger partial charge in [0.15, 0.2) is 0 Å². The normalized spacial score (nSPS) is 18.9. The van der Waals surface area contributed by atoms with Crippen LogP contribution in [0.25, 0.3) is 44.5 Å². The lowest BCUT2D eigenvalue weighted by Crippen LogP contribution is -2.30. The van der Waals surface area contributed by atoms with E-state index in [1.54, 1.807) is 50.1 Å². The van der Waals surface area contributed by atoms with Crippen molar-refractivity contribution in [2.45, 2.75) is 149 Å². The standard InChI is InChI=1S/C64H72O3/c1-41-33-56(43(3)57(34-41)62-50-25-11-7-19-44(50)37-45-20-8-12-26-51(45)62)54-29-15-17-31-60(54)66-39-48-23-5-6-24-49(48)40-67-61-32-18-16-30-55(61)58-35-42(2)36-59(64(58)65-4)63-52-27-13-9-21-46(52)38-47-22-10-14-28-53(47)63/h15-18,29-38,48-49H,5-14,19-28,39-40H2,1-4H3. The van der Waals surface area contributed by atoms with Crippen molar-refractivity contribution in [3.63, 3.8) is 0 Å². The monoisotopic (exact) mass is 889 g/mol. The molecule has 1 fully saturated rings. The van der Waals surface area contributed by atoms with Crippen LogP contribution in [0.3, 0.4) is 0 Å². The second kappa shape index (κ2) is 19.4. The van der Waals surface area contributed by atoms with Gasteiger partial charge >= 0.3 is 0 Å². The summed E-state index contributed by atoms with van der Waals surface area (Å²) in [4.78, 5) is 0. The minimum atomic E-state index is 0.411. The molecule has 346 valence electrons. The maximum absolute atomic E-state index is 7.03. The van der Waals surface area contributed by atoms with Crippen LogP contribution in [0.2, 0.25) is 0 Å². The Morgan fingerprint density at radius 2 is 0.791 bits per heavy atom. The van der Waals surface area contributed by atoms with Gasteiger partial charge in [-0.25, -0.2) is 0 Å². The van der Waals surface area contributed by atoms with Gasteiger partial charge in [0, 0.05) is 22.3 Å². The molecule has 6 aromatic carbocycles. The Bertz CT molecular complexity index is 2740. The number of ether oxygens (including phenoxy) is 3. The van der Waals surface area contributed by atoms with Gasteiger partial charge in [0.2, 0.25) is 0 Å². The quantitative estimate of drug-likeness (QED) is 0.130. The Kier molecular flexibility index (Phi) is 12.8. The number of methoxy groups -OCH3 is 1. The molecule has 2 unspecified atom stereocenters. The van der Waals surface area contributed by atoms with Crippen LogP contribution >= 0.6 is 0 Å². The summed E-state index contributed by atoms with van der Waals surface area (Å²) in [6.07, 6.45) is 24.7. The van der Waals surface area contributed by atoms with Crippen molar-refractivity contribution in [1.29, 1.82) is 0 Å². The van der Waals surface area contributed by atoms with Gasteiger partial charge in [-0.2, -0.15) is 0 Å². The molecule has 0 bridgehead atoms. The largest absolute Gasteiger partial charge is 0.495 e. The molecular formula is C64H72O3. The van der Waals surface area contributed by atoms with Crippen LogP contribution in [0.5, 0.6) is 17.2 Å². The second-order valence-corrected chi connectivity index (χ2v) is 21.2. The number of para-hydroxylation sites is 2. The van der Waals surface area contributed by atoms with Crippen molar-refractivity contribution in [3.05, 3.63) is 146 Å². The predicted molar refractivity (Wildman–Crippen MR) is 278 cm³/mol. The Morgan fingerprint density at radius 1 is 0.403 bits per heavy atom. The summed E-state index contributed by atoms with van der Waals surface area (Å²) in [7, 11) is 1.87. The van der Waals surface area contributed by atoms with Crippen LogP contribution in [-0.2, 0) is 51.4 Å².